The highest BCUT2D eigenvalue weighted by molar-refractivity contribution is 9.10. The second-order valence-corrected chi connectivity index (χ2v) is 5.63. The van der Waals surface area contributed by atoms with E-state index in [4.69, 9.17) is 0 Å². The van der Waals surface area contributed by atoms with E-state index in [-0.39, 0.29) is 11.9 Å². The summed E-state index contributed by atoms with van der Waals surface area (Å²) in [6.07, 6.45) is 1.66. The fourth-order valence-electron chi connectivity index (χ4n) is 2.47. The van der Waals surface area contributed by atoms with Crippen molar-refractivity contribution in [2.45, 2.75) is 39.7 Å². The molecule has 0 aliphatic carbocycles. The summed E-state index contributed by atoms with van der Waals surface area (Å²) in [5, 5.41) is 11.9. The first-order valence-corrected chi connectivity index (χ1v) is 8.05. The third-order valence-electron chi connectivity index (χ3n) is 3.47. The third kappa shape index (κ3) is 3.16. The van der Waals surface area contributed by atoms with E-state index in [2.05, 4.69) is 45.4 Å². The Morgan fingerprint density at radius 1 is 1.33 bits per heavy atom. The molecule has 1 aromatic carbocycles. The minimum absolute atomic E-state index is 0.143. The molecule has 1 unspecified atom stereocenters. The second-order valence-electron chi connectivity index (χ2n) is 4.78. The van der Waals surface area contributed by atoms with E-state index < -0.39 is 0 Å². The first kappa shape index (κ1) is 16.1. The predicted molar refractivity (Wildman–Crippen MR) is 85.1 cm³/mol. The summed E-state index contributed by atoms with van der Waals surface area (Å²) >= 11 is 3.40. The summed E-state index contributed by atoms with van der Waals surface area (Å²) in [5.41, 5.74) is 2.25. The summed E-state index contributed by atoms with van der Waals surface area (Å²) in [6.45, 7) is 7.06. The summed E-state index contributed by atoms with van der Waals surface area (Å²) < 4.78 is 16.4. The molecule has 2 aromatic rings. The molecule has 6 heteroatoms. The molecule has 0 spiro atoms. The Labute approximate surface area is 132 Å². The van der Waals surface area contributed by atoms with Crippen LogP contribution in [0, 0.1) is 5.82 Å². The van der Waals surface area contributed by atoms with E-state index in [1.165, 1.54) is 6.07 Å². The highest BCUT2D eigenvalue weighted by Crippen LogP contribution is 2.27. The van der Waals surface area contributed by atoms with Crippen molar-refractivity contribution in [1.82, 2.24) is 20.3 Å². The Morgan fingerprint density at radius 2 is 2.10 bits per heavy atom. The number of nitrogens with zero attached hydrogens (tertiary/aromatic N) is 3. The number of hydrogen-bond acceptors (Lipinski definition) is 3. The average Bonchev–Trinajstić information content (AvgIpc) is 2.88. The third-order valence-corrected chi connectivity index (χ3v) is 4.11. The number of rotatable bonds is 6. The van der Waals surface area contributed by atoms with Crippen LogP contribution in [0.3, 0.4) is 0 Å². The topological polar surface area (TPSA) is 42.7 Å². The van der Waals surface area contributed by atoms with Crippen LogP contribution in [-0.2, 0) is 6.42 Å². The van der Waals surface area contributed by atoms with Gasteiger partial charge in [0.2, 0.25) is 0 Å². The lowest BCUT2D eigenvalue weighted by Crippen LogP contribution is -2.22. The van der Waals surface area contributed by atoms with Crippen LogP contribution < -0.4 is 5.32 Å². The number of nitrogens with one attached hydrogen (secondary N) is 1. The van der Waals surface area contributed by atoms with Crippen LogP contribution in [0.2, 0.25) is 0 Å². The van der Waals surface area contributed by atoms with Gasteiger partial charge in [0, 0.05) is 4.47 Å². The molecular formula is C15H20BrFN4. The van der Waals surface area contributed by atoms with E-state index in [1.807, 2.05) is 6.92 Å². The number of hydrogen-bond donors (Lipinski definition) is 1. The Bertz CT molecular complexity index is 591. The molecule has 1 aromatic heterocycles. The minimum atomic E-state index is -0.313. The fraction of sp³-hybridized carbons (Fsp3) is 0.467. The van der Waals surface area contributed by atoms with Crippen LogP contribution in [0.4, 0.5) is 4.39 Å². The van der Waals surface area contributed by atoms with Crippen molar-refractivity contribution in [1.29, 1.82) is 0 Å². The minimum Gasteiger partial charge on any atom is -0.309 e. The van der Waals surface area contributed by atoms with Gasteiger partial charge in [-0.15, -0.1) is 5.10 Å². The van der Waals surface area contributed by atoms with Crippen molar-refractivity contribution >= 4 is 15.9 Å². The summed E-state index contributed by atoms with van der Waals surface area (Å²) in [6, 6.07) is 5.05. The molecule has 0 fully saturated rings. The second kappa shape index (κ2) is 7.13. The van der Waals surface area contributed by atoms with Crippen LogP contribution in [0.5, 0.6) is 0 Å². The largest absolute Gasteiger partial charge is 0.309 e. The normalized spacial score (nSPS) is 12.6. The van der Waals surface area contributed by atoms with Gasteiger partial charge in [-0.1, -0.05) is 32.1 Å². The molecule has 0 saturated heterocycles. The lowest BCUT2D eigenvalue weighted by molar-refractivity contribution is 0.520. The van der Waals surface area contributed by atoms with Gasteiger partial charge in [-0.3, -0.25) is 0 Å². The molecule has 0 amide bonds. The highest BCUT2D eigenvalue weighted by Gasteiger charge is 2.22. The molecule has 0 saturated carbocycles. The van der Waals surface area contributed by atoms with Gasteiger partial charge in [-0.05, 0) is 47.4 Å². The Hall–Kier alpha value is -1.27. The summed E-state index contributed by atoms with van der Waals surface area (Å²) in [5.74, 6) is -0.313. The molecule has 114 valence electrons. The first-order chi connectivity index (χ1) is 10.1. The van der Waals surface area contributed by atoms with E-state index in [1.54, 1.807) is 16.8 Å². The van der Waals surface area contributed by atoms with Gasteiger partial charge in [0.05, 0.1) is 11.7 Å². The Kier molecular flexibility index (Phi) is 5.47. The Balaban J connectivity index is 2.54. The number of aromatic nitrogens is 3. The lowest BCUT2D eigenvalue weighted by atomic mass is 10.1. The van der Waals surface area contributed by atoms with Gasteiger partial charge in [-0.25, -0.2) is 9.07 Å². The van der Waals surface area contributed by atoms with Gasteiger partial charge >= 0.3 is 0 Å². The van der Waals surface area contributed by atoms with Crippen molar-refractivity contribution in [2.24, 2.45) is 0 Å². The molecule has 0 aliphatic heterocycles. The maximum Gasteiger partial charge on any atom is 0.150 e. The van der Waals surface area contributed by atoms with E-state index in [0.29, 0.717) is 10.2 Å². The van der Waals surface area contributed by atoms with Crippen LogP contribution in [-0.4, -0.2) is 21.5 Å². The van der Waals surface area contributed by atoms with E-state index in [0.717, 1.165) is 30.8 Å². The van der Waals surface area contributed by atoms with Gasteiger partial charge in [0.25, 0.3) is 0 Å². The molecule has 1 heterocycles. The van der Waals surface area contributed by atoms with Gasteiger partial charge in [0.1, 0.15) is 17.2 Å². The molecule has 0 aliphatic rings. The molecule has 1 atom stereocenters. The number of halogens is 2. The van der Waals surface area contributed by atoms with Crippen molar-refractivity contribution in [3.63, 3.8) is 0 Å². The molecule has 0 bridgehead atoms. The standard InChI is InChI=1S/C15H20BrFN4/c1-4-12(18-6-3)14-13(5-2)21(20-19-14)15-10(16)8-7-9-11(15)17/h7-9,12,18H,4-6H2,1-3H3. The first-order valence-electron chi connectivity index (χ1n) is 7.26. The molecule has 2 rings (SSSR count). The van der Waals surface area contributed by atoms with E-state index >= 15 is 0 Å². The molecular weight excluding hydrogens is 335 g/mol. The molecule has 1 N–H and O–H groups in total. The maximum atomic E-state index is 14.2. The van der Waals surface area contributed by atoms with Crippen LogP contribution in [0.1, 0.15) is 44.6 Å². The number of para-hydroxylation sites is 1. The van der Waals surface area contributed by atoms with Crippen molar-refractivity contribution < 1.29 is 4.39 Å². The summed E-state index contributed by atoms with van der Waals surface area (Å²) in [4.78, 5) is 0. The van der Waals surface area contributed by atoms with Gasteiger partial charge in [0.15, 0.2) is 0 Å². The van der Waals surface area contributed by atoms with Crippen molar-refractivity contribution in [3.05, 3.63) is 39.9 Å². The maximum absolute atomic E-state index is 14.2. The van der Waals surface area contributed by atoms with Crippen molar-refractivity contribution in [3.8, 4) is 5.69 Å². The predicted octanol–water partition coefficient (Wildman–Crippen LogP) is 3.79. The van der Waals surface area contributed by atoms with Crippen LogP contribution in [0.25, 0.3) is 5.69 Å². The lowest BCUT2D eigenvalue weighted by Gasteiger charge is -2.15. The molecule has 21 heavy (non-hydrogen) atoms. The average molecular weight is 355 g/mol. The van der Waals surface area contributed by atoms with Crippen molar-refractivity contribution in [2.75, 3.05) is 6.54 Å². The highest BCUT2D eigenvalue weighted by atomic mass is 79.9. The SMILES string of the molecule is CCNC(CC)c1nnn(-c2c(F)cccc2Br)c1CC. The van der Waals surface area contributed by atoms with Gasteiger partial charge in [-0.2, -0.15) is 0 Å². The molecule has 0 radical (unpaired) electrons. The van der Waals surface area contributed by atoms with Crippen LogP contribution >= 0.6 is 15.9 Å². The zero-order valence-electron chi connectivity index (χ0n) is 12.5. The number of benzene rings is 1. The van der Waals surface area contributed by atoms with E-state index in [9.17, 15) is 4.39 Å². The smallest absolute Gasteiger partial charge is 0.150 e. The quantitative estimate of drug-likeness (QED) is 0.857. The summed E-state index contributed by atoms with van der Waals surface area (Å²) in [7, 11) is 0. The Morgan fingerprint density at radius 3 is 2.67 bits per heavy atom. The zero-order chi connectivity index (χ0) is 15.4. The van der Waals surface area contributed by atoms with Gasteiger partial charge < -0.3 is 5.32 Å². The fourth-order valence-corrected chi connectivity index (χ4v) is 2.98. The molecule has 4 nitrogen and oxygen atoms in total. The monoisotopic (exact) mass is 354 g/mol. The zero-order valence-corrected chi connectivity index (χ0v) is 14.1. The van der Waals surface area contributed by atoms with Crippen LogP contribution in [0.15, 0.2) is 22.7 Å².